The van der Waals surface area contributed by atoms with Crippen LogP contribution < -0.4 is 11.1 Å². The monoisotopic (exact) mass is 252 g/mol. The fraction of sp³-hybridized carbons (Fsp3) is 0.462. The average molecular weight is 252 g/mol. The van der Waals surface area contributed by atoms with Crippen LogP contribution in [0.5, 0.6) is 5.75 Å². The molecule has 0 fully saturated rings. The fourth-order valence-electron chi connectivity index (χ4n) is 1.59. The maximum absolute atomic E-state index is 11.7. The third-order valence-electron chi connectivity index (χ3n) is 2.68. The fourth-order valence-corrected chi connectivity index (χ4v) is 1.59. The molecule has 0 bridgehead atoms. The third-order valence-corrected chi connectivity index (χ3v) is 2.68. The molecule has 100 valence electrons. The number of phenolic OH excluding ortho intramolecular Hbond substituents is 1. The quantitative estimate of drug-likeness (QED) is 0.579. The molecule has 1 unspecified atom stereocenters. The zero-order chi connectivity index (χ0) is 13.5. The normalized spacial score (nSPS) is 13.9. The minimum atomic E-state index is -0.629. The number of nitrogens with one attached hydrogen (secondary N) is 1. The lowest BCUT2D eigenvalue weighted by atomic mass is 10.1. The van der Waals surface area contributed by atoms with Gasteiger partial charge in [-0.15, -0.1) is 0 Å². The molecule has 0 saturated heterocycles. The highest BCUT2D eigenvalue weighted by Gasteiger charge is 2.15. The van der Waals surface area contributed by atoms with Gasteiger partial charge in [-0.3, -0.25) is 4.79 Å². The van der Waals surface area contributed by atoms with Crippen LogP contribution in [0.1, 0.15) is 18.9 Å². The Balaban J connectivity index is 2.46. The molecule has 2 atom stereocenters. The van der Waals surface area contributed by atoms with Gasteiger partial charge in [-0.25, -0.2) is 0 Å². The Labute approximate surface area is 107 Å². The summed E-state index contributed by atoms with van der Waals surface area (Å²) in [6.07, 6.45) is 0.926. The Hall–Kier alpha value is -1.59. The summed E-state index contributed by atoms with van der Waals surface area (Å²) in [7, 11) is 0. The van der Waals surface area contributed by atoms with Crippen molar-refractivity contribution in [2.75, 3.05) is 6.61 Å². The number of amides is 1. The second-order valence-corrected chi connectivity index (χ2v) is 4.40. The van der Waals surface area contributed by atoms with Crippen molar-refractivity contribution in [1.82, 2.24) is 5.32 Å². The smallest absolute Gasteiger partial charge is 0.237 e. The largest absolute Gasteiger partial charge is 0.508 e. The van der Waals surface area contributed by atoms with Gasteiger partial charge in [0.15, 0.2) is 0 Å². The van der Waals surface area contributed by atoms with Crippen LogP contribution in [0.3, 0.4) is 0 Å². The van der Waals surface area contributed by atoms with Gasteiger partial charge in [0.2, 0.25) is 5.91 Å². The third kappa shape index (κ3) is 4.73. The van der Waals surface area contributed by atoms with E-state index in [1.165, 1.54) is 0 Å². The van der Waals surface area contributed by atoms with Crippen LogP contribution in [-0.4, -0.2) is 34.8 Å². The van der Waals surface area contributed by atoms with E-state index >= 15 is 0 Å². The number of aliphatic hydroxyl groups excluding tert-OH is 1. The van der Waals surface area contributed by atoms with Crippen molar-refractivity contribution in [3.8, 4) is 5.75 Å². The van der Waals surface area contributed by atoms with Crippen LogP contribution in [0.2, 0.25) is 0 Å². The summed E-state index contributed by atoms with van der Waals surface area (Å²) in [5.41, 5.74) is 6.69. The molecule has 5 nitrogen and oxygen atoms in total. The Bertz CT molecular complexity index is 378. The van der Waals surface area contributed by atoms with E-state index in [0.29, 0.717) is 12.8 Å². The van der Waals surface area contributed by atoms with Crippen LogP contribution in [-0.2, 0) is 11.2 Å². The van der Waals surface area contributed by atoms with Gasteiger partial charge in [0.1, 0.15) is 5.75 Å². The van der Waals surface area contributed by atoms with Crippen molar-refractivity contribution < 1.29 is 15.0 Å². The van der Waals surface area contributed by atoms with E-state index < -0.39 is 6.04 Å². The van der Waals surface area contributed by atoms with Crippen molar-refractivity contribution in [3.05, 3.63) is 29.8 Å². The Morgan fingerprint density at radius 3 is 2.56 bits per heavy atom. The molecular weight excluding hydrogens is 232 g/mol. The van der Waals surface area contributed by atoms with Crippen LogP contribution in [0, 0.1) is 0 Å². The predicted molar refractivity (Wildman–Crippen MR) is 69.1 cm³/mol. The summed E-state index contributed by atoms with van der Waals surface area (Å²) < 4.78 is 0. The maximum atomic E-state index is 11.7. The van der Waals surface area contributed by atoms with Gasteiger partial charge in [0, 0.05) is 12.6 Å². The molecule has 0 spiro atoms. The van der Waals surface area contributed by atoms with Gasteiger partial charge in [-0.2, -0.15) is 0 Å². The first-order valence-corrected chi connectivity index (χ1v) is 5.97. The first kappa shape index (κ1) is 14.5. The number of aliphatic hydroxyl groups is 1. The topological polar surface area (TPSA) is 95.6 Å². The van der Waals surface area contributed by atoms with Crippen molar-refractivity contribution >= 4 is 5.91 Å². The number of rotatable bonds is 6. The van der Waals surface area contributed by atoms with Crippen molar-refractivity contribution in [3.63, 3.8) is 0 Å². The van der Waals surface area contributed by atoms with Crippen molar-refractivity contribution in [1.29, 1.82) is 0 Å². The molecule has 0 heterocycles. The number of carbonyl (C=O) groups is 1. The van der Waals surface area contributed by atoms with Gasteiger partial charge in [-0.05, 0) is 37.5 Å². The first-order chi connectivity index (χ1) is 8.52. The van der Waals surface area contributed by atoms with Crippen LogP contribution in [0.15, 0.2) is 24.3 Å². The number of hydrogen-bond donors (Lipinski definition) is 4. The molecule has 1 rings (SSSR count). The average Bonchev–Trinajstić information content (AvgIpc) is 2.32. The van der Waals surface area contributed by atoms with Gasteiger partial charge < -0.3 is 21.3 Å². The predicted octanol–water partition coefficient (Wildman–Crippen LogP) is 0.149. The first-order valence-electron chi connectivity index (χ1n) is 5.97. The SMILES string of the molecule is CC(CCO)NC(=O)[C@H](N)Cc1ccc(O)cc1. The molecule has 0 radical (unpaired) electrons. The van der Waals surface area contributed by atoms with Gasteiger partial charge in [0.25, 0.3) is 0 Å². The molecule has 1 aromatic rings. The standard InChI is InChI=1S/C13H20N2O3/c1-9(6-7-16)15-13(18)12(14)8-10-2-4-11(17)5-3-10/h2-5,9,12,16-17H,6-8,14H2,1H3,(H,15,18)/t9?,12-/m1/s1. The molecule has 0 saturated carbocycles. The molecule has 0 aliphatic carbocycles. The lowest BCUT2D eigenvalue weighted by Gasteiger charge is -2.16. The highest BCUT2D eigenvalue weighted by Crippen LogP contribution is 2.10. The lowest BCUT2D eigenvalue weighted by Crippen LogP contribution is -2.45. The summed E-state index contributed by atoms with van der Waals surface area (Å²) in [6, 6.07) is 5.88. The van der Waals surface area contributed by atoms with Crippen LogP contribution >= 0.6 is 0 Å². The molecule has 1 amide bonds. The second-order valence-electron chi connectivity index (χ2n) is 4.40. The number of nitrogens with two attached hydrogens (primary N) is 1. The lowest BCUT2D eigenvalue weighted by molar-refractivity contribution is -0.123. The molecule has 18 heavy (non-hydrogen) atoms. The van der Waals surface area contributed by atoms with E-state index in [9.17, 15) is 4.79 Å². The molecule has 0 aromatic heterocycles. The Morgan fingerprint density at radius 1 is 1.39 bits per heavy atom. The molecule has 5 heteroatoms. The summed E-state index contributed by atoms with van der Waals surface area (Å²) >= 11 is 0. The number of benzene rings is 1. The minimum Gasteiger partial charge on any atom is -0.508 e. The number of hydrogen-bond acceptors (Lipinski definition) is 4. The van der Waals surface area contributed by atoms with Crippen molar-refractivity contribution in [2.45, 2.75) is 31.8 Å². The molecule has 0 aliphatic heterocycles. The highest BCUT2D eigenvalue weighted by atomic mass is 16.3. The second kappa shape index (κ2) is 6.98. The van der Waals surface area contributed by atoms with E-state index in [2.05, 4.69) is 5.32 Å². The summed E-state index contributed by atoms with van der Waals surface area (Å²) in [4.78, 5) is 11.7. The van der Waals surface area contributed by atoms with Crippen LogP contribution in [0.4, 0.5) is 0 Å². The molecule has 1 aromatic carbocycles. The minimum absolute atomic E-state index is 0.0364. The number of aromatic hydroxyl groups is 1. The Morgan fingerprint density at radius 2 is 2.00 bits per heavy atom. The van der Waals surface area contributed by atoms with E-state index in [1.807, 2.05) is 6.92 Å². The Kier molecular flexibility index (Phi) is 5.61. The number of carbonyl (C=O) groups excluding carboxylic acids is 1. The summed E-state index contributed by atoms with van der Waals surface area (Å²) in [5.74, 6) is -0.0441. The van der Waals surface area contributed by atoms with Gasteiger partial charge >= 0.3 is 0 Å². The zero-order valence-corrected chi connectivity index (χ0v) is 10.5. The zero-order valence-electron chi connectivity index (χ0n) is 10.5. The van der Waals surface area contributed by atoms with E-state index in [-0.39, 0.29) is 24.3 Å². The van der Waals surface area contributed by atoms with Gasteiger partial charge in [-0.1, -0.05) is 12.1 Å². The molecular formula is C13H20N2O3. The van der Waals surface area contributed by atoms with Crippen molar-refractivity contribution in [2.24, 2.45) is 5.73 Å². The summed E-state index contributed by atoms with van der Waals surface area (Å²) in [6.45, 7) is 1.86. The van der Waals surface area contributed by atoms with E-state index in [1.54, 1.807) is 24.3 Å². The molecule has 5 N–H and O–H groups in total. The maximum Gasteiger partial charge on any atom is 0.237 e. The van der Waals surface area contributed by atoms with Crippen LogP contribution in [0.25, 0.3) is 0 Å². The summed E-state index contributed by atoms with van der Waals surface area (Å²) in [5, 5.41) is 20.6. The number of phenols is 1. The van der Waals surface area contributed by atoms with E-state index in [4.69, 9.17) is 15.9 Å². The van der Waals surface area contributed by atoms with Gasteiger partial charge in [0.05, 0.1) is 6.04 Å². The molecule has 0 aliphatic rings. The van der Waals surface area contributed by atoms with E-state index in [0.717, 1.165) is 5.56 Å². The highest BCUT2D eigenvalue weighted by molar-refractivity contribution is 5.82.